The molecule has 0 saturated carbocycles. The second kappa shape index (κ2) is 13.7. The van der Waals surface area contributed by atoms with Gasteiger partial charge >= 0.3 is 0 Å². The summed E-state index contributed by atoms with van der Waals surface area (Å²) in [6.45, 7) is 14.1. The quantitative estimate of drug-likeness (QED) is 0.162. The minimum atomic E-state index is -0.633. The number of hydrogen-bond donors (Lipinski definition) is 0. The molecule has 0 spiro atoms. The Hall–Kier alpha value is -6.33. The summed E-state index contributed by atoms with van der Waals surface area (Å²) in [5.41, 5.74) is 9.18. The molecule has 0 aliphatic heterocycles. The molecule has 3 aromatic heterocycles. The van der Waals surface area contributed by atoms with E-state index in [0.717, 1.165) is 44.5 Å². The molecule has 2 aliphatic carbocycles. The van der Waals surface area contributed by atoms with Crippen LogP contribution < -0.4 is 0 Å². The number of fused-ring (bicyclic) bond motifs is 6. The van der Waals surface area contributed by atoms with Crippen LogP contribution in [0.5, 0.6) is 0 Å². The third kappa shape index (κ3) is 5.47. The van der Waals surface area contributed by atoms with Crippen molar-refractivity contribution in [2.45, 2.75) is 58.9 Å². The van der Waals surface area contributed by atoms with Gasteiger partial charge in [-0.05, 0) is 61.4 Å². The fourth-order valence-corrected chi connectivity index (χ4v) is 10.1. The molecule has 0 radical (unpaired) electrons. The molecular formula is C53H48N4O. The summed E-state index contributed by atoms with van der Waals surface area (Å²) in [5, 5.41) is 3.60. The topological polar surface area (TPSA) is 56.7 Å². The number of furan rings is 1. The van der Waals surface area contributed by atoms with Crippen LogP contribution in [0.25, 0.3) is 72.8 Å². The van der Waals surface area contributed by atoms with Crippen molar-refractivity contribution in [3.05, 3.63) is 168 Å². The molecule has 3 heterocycles. The van der Waals surface area contributed by atoms with Gasteiger partial charge in [-0.1, -0.05) is 161 Å². The second-order valence-electron chi connectivity index (χ2n) is 17.2. The van der Waals surface area contributed by atoms with E-state index in [0.29, 0.717) is 41.6 Å². The van der Waals surface area contributed by atoms with Gasteiger partial charge in [0.25, 0.3) is 0 Å². The standard InChI is InChI=1S/C53H48N4O/c1-33(2)43-26-16-27-44(34(3)4)53(43,6)57-45-28-14-13-22-39(45)42-32-37(29-30-46(42)57)38-23-15-24-40-41-25-17-31-52(5,48(41)58-47(38)40)51-55-49(35-18-9-7-10-19-35)54-50(56-51)36-20-11-8-12-21-36/h7-30,32-34,43H,31H2,1-6H3. The van der Waals surface area contributed by atoms with E-state index in [1.807, 2.05) is 36.4 Å². The first kappa shape index (κ1) is 36.0. The van der Waals surface area contributed by atoms with Crippen molar-refractivity contribution in [2.24, 2.45) is 17.8 Å². The molecule has 0 bridgehead atoms. The van der Waals surface area contributed by atoms with Gasteiger partial charge in [-0.25, -0.2) is 15.0 Å². The van der Waals surface area contributed by atoms with Crippen LogP contribution in [0.4, 0.5) is 0 Å². The minimum absolute atomic E-state index is 0.230. The van der Waals surface area contributed by atoms with Gasteiger partial charge < -0.3 is 8.98 Å². The number of para-hydroxylation sites is 2. The van der Waals surface area contributed by atoms with Crippen LogP contribution in [0.1, 0.15) is 65.1 Å². The van der Waals surface area contributed by atoms with Crippen LogP contribution in [0.2, 0.25) is 0 Å². The lowest BCUT2D eigenvalue weighted by molar-refractivity contribution is 0.221. The van der Waals surface area contributed by atoms with Gasteiger partial charge in [0.2, 0.25) is 0 Å². The average Bonchev–Trinajstić information content (AvgIpc) is 3.81. The van der Waals surface area contributed by atoms with E-state index in [1.165, 1.54) is 27.4 Å². The zero-order valence-corrected chi connectivity index (χ0v) is 34.1. The summed E-state index contributed by atoms with van der Waals surface area (Å²) in [6.07, 6.45) is 12.2. The average molecular weight is 757 g/mol. The monoisotopic (exact) mass is 756 g/mol. The Kier molecular flexibility index (Phi) is 8.49. The molecule has 3 unspecified atom stereocenters. The smallest absolute Gasteiger partial charge is 0.163 e. The van der Waals surface area contributed by atoms with Crippen LogP contribution in [0, 0.1) is 17.8 Å². The fraction of sp³-hybridized carbons (Fsp3) is 0.226. The number of nitrogens with zero attached hydrogens (tertiary/aromatic N) is 4. The van der Waals surface area contributed by atoms with Crippen molar-refractivity contribution in [1.82, 2.24) is 19.5 Å². The van der Waals surface area contributed by atoms with Crippen LogP contribution in [0.3, 0.4) is 0 Å². The van der Waals surface area contributed by atoms with E-state index in [4.69, 9.17) is 19.4 Å². The maximum Gasteiger partial charge on any atom is 0.163 e. The lowest BCUT2D eigenvalue weighted by Crippen LogP contribution is -2.44. The van der Waals surface area contributed by atoms with Crippen LogP contribution in [-0.2, 0) is 11.0 Å². The van der Waals surface area contributed by atoms with Crippen LogP contribution >= 0.6 is 0 Å². The minimum Gasteiger partial charge on any atom is -0.459 e. The summed E-state index contributed by atoms with van der Waals surface area (Å²) in [4.78, 5) is 15.4. The molecule has 10 rings (SSSR count). The van der Waals surface area contributed by atoms with Gasteiger partial charge in [-0.3, -0.25) is 0 Å². The Morgan fingerprint density at radius 2 is 1.33 bits per heavy atom. The first-order valence-electron chi connectivity index (χ1n) is 20.7. The van der Waals surface area contributed by atoms with Crippen LogP contribution in [0.15, 0.2) is 156 Å². The highest BCUT2D eigenvalue weighted by atomic mass is 16.3. The Morgan fingerprint density at radius 1 is 0.672 bits per heavy atom. The lowest BCUT2D eigenvalue weighted by Gasteiger charge is -2.46. The molecule has 58 heavy (non-hydrogen) atoms. The summed E-state index contributed by atoms with van der Waals surface area (Å²) in [5.74, 6) is 4.10. The largest absolute Gasteiger partial charge is 0.459 e. The van der Waals surface area contributed by atoms with Gasteiger partial charge in [-0.2, -0.15) is 0 Å². The van der Waals surface area contributed by atoms with E-state index >= 15 is 0 Å². The summed E-state index contributed by atoms with van der Waals surface area (Å²) in [6, 6.07) is 42.8. The van der Waals surface area contributed by atoms with E-state index in [1.54, 1.807) is 0 Å². The van der Waals surface area contributed by atoms with E-state index < -0.39 is 5.41 Å². The third-order valence-electron chi connectivity index (χ3n) is 12.9. The SMILES string of the molecule is CC(C)C1=CC=CC(C(C)C)C1(C)n1c2ccccc2c2cc(-c3cccc4c5c(oc34)C(C)(c3nc(-c4ccccc4)nc(-c4ccccc4)n3)CC=C5)ccc21. The predicted octanol–water partition coefficient (Wildman–Crippen LogP) is 13.6. The molecule has 3 atom stereocenters. The molecule has 0 fully saturated rings. The first-order valence-corrected chi connectivity index (χ1v) is 20.7. The number of aromatic nitrogens is 4. The Bertz CT molecular complexity index is 2910. The summed E-state index contributed by atoms with van der Waals surface area (Å²) < 4.78 is 9.81. The zero-order chi connectivity index (χ0) is 39.8. The predicted molar refractivity (Wildman–Crippen MR) is 239 cm³/mol. The summed E-state index contributed by atoms with van der Waals surface area (Å²) in [7, 11) is 0. The summed E-state index contributed by atoms with van der Waals surface area (Å²) >= 11 is 0. The highest BCUT2D eigenvalue weighted by molar-refractivity contribution is 6.10. The lowest BCUT2D eigenvalue weighted by atomic mass is 9.67. The molecule has 0 saturated heterocycles. The van der Waals surface area contributed by atoms with Crippen molar-refractivity contribution < 1.29 is 4.42 Å². The second-order valence-corrected chi connectivity index (χ2v) is 17.2. The number of hydrogen-bond acceptors (Lipinski definition) is 4. The van der Waals surface area contributed by atoms with Crippen molar-refractivity contribution in [3.8, 4) is 33.9 Å². The van der Waals surface area contributed by atoms with E-state index in [-0.39, 0.29) is 5.54 Å². The Balaban J connectivity index is 1.15. The van der Waals surface area contributed by atoms with Gasteiger partial charge in [-0.15, -0.1) is 0 Å². The molecule has 5 nitrogen and oxygen atoms in total. The Morgan fingerprint density at radius 3 is 2.02 bits per heavy atom. The van der Waals surface area contributed by atoms with Crippen molar-refractivity contribution in [3.63, 3.8) is 0 Å². The molecule has 8 aromatic rings. The zero-order valence-electron chi connectivity index (χ0n) is 34.1. The molecule has 0 amide bonds. The van der Waals surface area contributed by atoms with Gasteiger partial charge in [0.05, 0.1) is 11.0 Å². The molecule has 2 aliphatic rings. The number of benzene rings is 5. The highest BCUT2D eigenvalue weighted by Crippen LogP contribution is 2.50. The van der Waals surface area contributed by atoms with Crippen molar-refractivity contribution in [2.75, 3.05) is 0 Å². The Labute approximate surface area is 340 Å². The maximum atomic E-state index is 7.16. The normalized spacial score (nSPS) is 20.4. The molecular weight excluding hydrogens is 709 g/mol. The molecule has 0 N–H and O–H groups in total. The van der Waals surface area contributed by atoms with E-state index in [2.05, 4.69) is 161 Å². The first-order chi connectivity index (χ1) is 28.2. The fourth-order valence-electron chi connectivity index (χ4n) is 10.1. The van der Waals surface area contributed by atoms with Crippen molar-refractivity contribution in [1.29, 1.82) is 0 Å². The van der Waals surface area contributed by atoms with Gasteiger partial charge in [0.15, 0.2) is 11.6 Å². The number of allylic oxidation sites excluding steroid dienone is 5. The van der Waals surface area contributed by atoms with Gasteiger partial charge in [0, 0.05) is 55.4 Å². The van der Waals surface area contributed by atoms with Crippen LogP contribution in [-0.4, -0.2) is 19.5 Å². The van der Waals surface area contributed by atoms with Crippen molar-refractivity contribution >= 4 is 38.9 Å². The maximum absolute atomic E-state index is 7.16. The third-order valence-corrected chi connectivity index (χ3v) is 12.9. The molecule has 286 valence electrons. The van der Waals surface area contributed by atoms with E-state index in [9.17, 15) is 0 Å². The highest BCUT2D eigenvalue weighted by Gasteiger charge is 2.44. The van der Waals surface area contributed by atoms with Gasteiger partial charge in [0.1, 0.15) is 17.2 Å². The molecule has 5 heteroatoms. The molecule has 5 aromatic carbocycles. The number of rotatable bonds is 7.